The molecule has 2 aromatic carbocycles. The number of pyridine rings is 2. The molecule has 4 aromatic heterocycles. The number of nitrogens with one attached hydrogen (secondary N) is 2. The zero-order valence-electron chi connectivity index (χ0n) is 31.2. The van der Waals surface area contributed by atoms with Gasteiger partial charge in [-0.05, 0) is 73.4 Å². The molecular weight excluding hydrogens is 775 g/mol. The maximum atomic E-state index is 15.4. The van der Waals surface area contributed by atoms with Gasteiger partial charge in [0.15, 0.2) is 10.7 Å². The van der Waals surface area contributed by atoms with Crippen molar-refractivity contribution in [3.63, 3.8) is 0 Å². The van der Waals surface area contributed by atoms with Gasteiger partial charge in [-0.15, -0.1) is 0 Å². The van der Waals surface area contributed by atoms with Gasteiger partial charge in [0.25, 0.3) is 11.5 Å². The SMILES string of the molecule is CCOC(=O)[C@H](Cc1ccc(-n2c(=O)c3ccncc3n(C)c2=O)nc1)NC(=O)c1cc(F)c(N[S+]([O-])c2ccc(-c3cnc(C4CCOCC4)nc3)cc2)cc1F. The number of esters is 1. The van der Waals surface area contributed by atoms with Gasteiger partial charge < -0.3 is 19.3 Å². The molecule has 1 unspecified atom stereocenters. The predicted octanol–water partition coefficient (Wildman–Crippen LogP) is 4.15. The zero-order valence-corrected chi connectivity index (χ0v) is 32.0. The lowest BCUT2D eigenvalue weighted by Gasteiger charge is -2.20. The average molecular weight is 811 g/mol. The molecule has 6 aromatic rings. The number of fused-ring (bicyclic) bond motifs is 1. The second-order valence-corrected chi connectivity index (χ2v) is 14.5. The Labute approximate surface area is 332 Å². The number of benzene rings is 2. The molecule has 5 heterocycles. The second kappa shape index (κ2) is 17.4. The Morgan fingerprint density at radius 2 is 1.71 bits per heavy atom. The molecule has 0 saturated carbocycles. The molecule has 0 spiro atoms. The van der Waals surface area contributed by atoms with Crippen LogP contribution >= 0.6 is 0 Å². The molecule has 1 amide bonds. The highest BCUT2D eigenvalue weighted by atomic mass is 32.2. The van der Waals surface area contributed by atoms with E-state index in [1.54, 1.807) is 43.6 Å². The van der Waals surface area contributed by atoms with Crippen molar-refractivity contribution < 1.29 is 32.4 Å². The normalized spacial score (nSPS) is 14.2. The maximum Gasteiger partial charge on any atom is 0.337 e. The van der Waals surface area contributed by atoms with Gasteiger partial charge >= 0.3 is 11.7 Å². The van der Waals surface area contributed by atoms with Crippen LogP contribution in [0.1, 0.15) is 47.4 Å². The van der Waals surface area contributed by atoms with Crippen molar-refractivity contribution in [3.05, 3.63) is 135 Å². The minimum absolute atomic E-state index is 0.0101. The molecule has 1 aliphatic heterocycles. The first kappa shape index (κ1) is 39.8. The summed E-state index contributed by atoms with van der Waals surface area (Å²) in [7, 11) is 1.49. The molecule has 15 nitrogen and oxygen atoms in total. The van der Waals surface area contributed by atoms with Crippen molar-refractivity contribution in [3.8, 4) is 16.9 Å². The topological polar surface area (TPSA) is 195 Å². The van der Waals surface area contributed by atoms with Crippen molar-refractivity contribution in [2.75, 3.05) is 24.5 Å². The fourth-order valence-electron chi connectivity index (χ4n) is 6.46. The maximum absolute atomic E-state index is 15.4. The van der Waals surface area contributed by atoms with Crippen LogP contribution in [0.15, 0.2) is 100 Å². The van der Waals surface area contributed by atoms with E-state index in [9.17, 15) is 23.7 Å². The molecule has 0 aliphatic carbocycles. The fourth-order valence-corrected chi connectivity index (χ4v) is 7.31. The molecule has 18 heteroatoms. The standard InChI is InChI=1S/C40H36F2N8O7S/c1-3-57-39(53)33(16-23-4-9-35(44-19-23)50-38(52)28-10-13-43-22-34(28)49(2)40(50)54)47-37(51)29-17-31(42)32(18-30(29)41)48-58(55)27-7-5-24(6-8-27)26-20-45-36(46-21-26)25-11-14-56-15-12-25/h4-10,13,17-22,25,33,48H,3,11-12,14-16H2,1-2H3,(H,47,51)/t33-,58?/m0/s1. The van der Waals surface area contributed by atoms with Gasteiger partial charge in [-0.25, -0.2) is 42.6 Å². The predicted molar refractivity (Wildman–Crippen MR) is 209 cm³/mol. The smallest absolute Gasteiger partial charge is 0.337 e. The van der Waals surface area contributed by atoms with Crippen LogP contribution in [-0.2, 0) is 39.1 Å². The Morgan fingerprint density at radius 3 is 2.40 bits per heavy atom. The minimum Gasteiger partial charge on any atom is -0.588 e. The molecule has 58 heavy (non-hydrogen) atoms. The van der Waals surface area contributed by atoms with Crippen LogP contribution in [0.3, 0.4) is 0 Å². The monoisotopic (exact) mass is 810 g/mol. The van der Waals surface area contributed by atoms with Crippen LogP contribution in [0, 0.1) is 11.6 Å². The van der Waals surface area contributed by atoms with Gasteiger partial charge in [-0.3, -0.25) is 19.1 Å². The number of nitrogens with zero attached hydrogens (tertiary/aromatic N) is 6. The molecule has 1 saturated heterocycles. The van der Waals surface area contributed by atoms with Crippen molar-refractivity contribution in [1.82, 2.24) is 34.4 Å². The van der Waals surface area contributed by atoms with E-state index in [0.717, 1.165) is 34.4 Å². The van der Waals surface area contributed by atoms with Crippen molar-refractivity contribution >= 4 is 39.8 Å². The zero-order chi connectivity index (χ0) is 40.9. The first-order valence-electron chi connectivity index (χ1n) is 18.2. The Hall–Kier alpha value is -6.37. The molecule has 0 bridgehead atoms. The summed E-state index contributed by atoms with van der Waals surface area (Å²) in [6.07, 6.45) is 9.13. The lowest BCUT2D eigenvalue weighted by Crippen LogP contribution is -2.43. The molecule has 2 N–H and O–H groups in total. The summed E-state index contributed by atoms with van der Waals surface area (Å²) in [5.41, 5.74) is -0.183. The van der Waals surface area contributed by atoms with E-state index in [1.807, 2.05) is 0 Å². The Bertz CT molecular complexity index is 2580. The largest absolute Gasteiger partial charge is 0.588 e. The highest BCUT2D eigenvalue weighted by Gasteiger charge is 2.27. The lowest BCUT2D eigenvalue weighted by atomic mass is 9.99. The molecule has 1 fully saturated rings. The molecule has 2 atom stereocenters. The van der Waals surface area contributed by atoms with E-state index < -0.39 is 63.4 Å². The van der Waals surface area contributed by atoms with Crippen molar-refractivity contribution in [2.45, 2.75) is 43.0 Å². The van der Waals surface area contributed by atoms with E-state index >= 15 is 8.78 Å². The summed E-state index contributed by atoms with van der Waals surface area (Å²) in [6, 6.07) is 10.9. The van der Waals surface area contributed by atoms with E-state index in [0.29, 0.717) is 36.4 Å². The average Bonchev–Trinajstić information content (AvgIpc) is 3.25. The quantitative estimate of drug-likeness (QED) is 0.133. The number of hydrogen-bond acceptors (Lipinski definition) is 12. The van der Waals surface area contributed by atoms with Crippen molar-refractivity contribution in [2.24, 2.45) is 7.05 Å². The molecule has 1 aliphatic rings. The number of aryl methyl sites for hydroxylation is 1. The van der Waals surface area contributed by atoms with Crippen LogP contribution in [-0.4, -0.2) is 71.4 Å². The Morgan fingerprint density at radius 1 is 0.966 bits per heavy atom. The van der Waals surface area contributed by atoms with Gasteiger partial charge in [-0.2, -0.15) is 0 Å². The van der Waals surface area contributed by atoms with Crippen LogP contribution in [0.5, 0.6) is 0 Å². The highest BCUT2D eigenvalue weighted by Crippen LogP contribution is 2.27. The molecule has 7 rings (SSSR count). The molecular formula is C40H36F2N8O7S. The lowest BCUT2D eigenvalue weighted by molar-refractivity contribution is -0.145. The van der Waals surface area contributed by atoms with E-state index in [2.05, 4.69) is 30.0 Å². The second-order valence-electron chi connectivity index (χ2n) is 13.3. The van der Waals surface area contributed by atoms with Crippen molar-refractivity contribution in [1.29, 1.82) is 0 Å². The summed E-state index contributed by atoms with van der Waals surface area (Å²) in [5, 5.41) is 2.64. The molecule has 298 valence electrons. The van der Waals surface area contributed by atoms with Gasteiger partial charge in [0.1, 0.15) is 40.6 Å². The third-order valence-corrected chi connectivity index (χ3v) is 10.7. The van der Waals surface area contributed by atoms with Crippen LogP contribution in [0.2, 0.25) is 0 Å². The number of anilines is 1. The number of rotatable bonds is 12. The number of carbonyl (C=O) groups is 2. The Balaban J connectivity index is 1.02. The summed E-state index contributed by atoms with van der Waals surface area (Å²) >= 11 is -2.01. The van der Waals surface area contributed by atoms with Gasteiger partial charge in [0.2, 0.25) is 0 Å². The van der Waals surface area contributed by atoms with Crippen LogP contribution in [0.25, 0.3) is 27.8 Å². The van der Waals surface area contributed by atoms with E-state index in [1.165, 1.54) is 48.4 Å². The summed E-state index contributed by atoms with van der Waals surface area (Å²) in [5.74, 6) is -3.17. The number of aromatic nitrogens is 6. The highest BCUT2D eigenvalue weighted by molar-refractivity contribution is 7.92. The first-order chi connectivity index (χ1) is 28.0. The van der Waals surface area contributed by atoms with Crippen LogP contribution in [0.4, 0.5) is 14.5 Å². The van der Waals surface area contributed by atoms with E-state index in [-0.39, 0.29) is 35.0 Å². The number of halogens is 2. The number of carbonyl (C=O) groups excluding carboxylic acids is 2. The van der Waals surface area contributed by atoms with Gasteiger partial charge in [0.05, 0.1) is 29.3 Å². The van der Waals surface area contributed by atoms with Gasteiger partial charge in [-0.1, -0.05) is 6.07 Å². The number of ether oxygens (including phenoxy) is 2. The van der Waals surface area contributed by atoms with E-state index in [4.69, 9.17) is 9.47 Å². The number of hydrogen-bond donors (Lipinski definition) is 2. The third kappa shape index (κ3) is 8.48. The van der Waals surface area contributed by atoms with Gasteiger partial charge in [0, 0.05) is 69.0 Å². The van der Waals surface area contributed by atoms with Crippen LogP contribution < -0.4 is 21.3 Å². The minimum atomic E-state index is -2.01. The summed E-state index contributed by atoms with van der Waals surface area (Å²) in [4.78, 5) is 69.9. The first-order valence-corrected chi connectivity index (χ1v) is 19.3. The Kier molecular flexibility index (Phi) is 12.0. The molecule has 0 radical (unpaired) electrons. The summed E-state index contributed by atoms with van der Waals surface area (Å²) in [6.45, 7) is 2.88. The third-order valence-electron chi connectivity index (χ3n) is 9.59. The fraction of sp³-hybridized carbons (Fsp3) is 0.250. The summed E-state index contributed by atoms with van der Waals surface area (Å²) < 4.78 is 58.9. The number of amides is 1.